The molecule has 3 rings (SSSR count). The van der Waals surface area contributed by atoms with Crippen LogP contribution < -0.4 is 10.6 Å². The normalized spacial score (nSPS) is 26.4. The highest BCUT2D eigenvalue weighted by molar-refractivity contribution is 8.01. The molecule has 1 unspecified atom stereocenters. The maximum absolute atomic E-state index is 12.7. The second kappa shape index (κ2) is 4.19. The molecule has 0 bridgehead atoms. The summed E-state index contributed by atoms with van der Waals surface area (Å²) in [6.45, 7) is 2.88. The van der Waals surface area contributed by atoms with E-state index in [1.807, 2.05) is 23.1 Å². The number of hydrogen-bond donors (Lipinski definition) is 1. The second-order valence-electron chi connectivity index (χ2n) is 5.28. The van der Waals surface area contributed by atoms with E-state index in [9.17, 15) is 4.79 Å². The van der Waals surface area contributed by atoms with Crippen molar-refractivity contribution in [3.63, 3.8) is 0 Å². The molecule has 1 aromatic rings. The van der Waals surface area contributed by atoms with E-state index in [-0.39, 0.29) is 10.7 Å². The minimum absolute atomic E-state index is 0.219. The van der Waals surface area contributed by atoms with Gasteiger partial charge < -0.3 is 10.6 Å². The van der Waals surface area contributed by atoms with E-state index < -0.39 is 0 Å². The summed E-state index contributed by atoms with van der Waals surface area (Å²) in [5, 5.41) is 0. The predicted molar refractivity (Wildman–Crippen MR) is 77.0 cm³/mol. The number of fused-ring (bicyclic) bond motifs is 1. The fourth-order valence-corrected chi connectivity index (χ4v) is 4.13. The zero-order valence-corrected chi connectivity index (χ0v) is 11.4. The summed E-state index contributed by atoms with van der Waals surface area (Å²) in [6.07, 6.45) is 3.07. The van der Waals surface area contributed by atoms with Gasteiger partial charge in [-0.1, -0.05) is 0 Å². The number of amides is 1. The van der Waals surface area contributed by atoms with E-state index in [1.54, 1.807) is 11.8 Å². The molecule has 1 fully saturated rings. The summed E-state index contributed by atoms with van der Waals surface area (Å²) in [4.78, 5) is 14.6. The van der Waals surface area contributed by atoms with E-state index in [4.69, 9.17) is 5.73 Å². The van der Waals surface area contributed by atoms with Crippen LogP contribution in [0.4, 0.5) is 11.4 Å². The Morgan fingerprint density at radius 2 is 2.33 bits per heavy atom. The number of nitrogen functional groups attached to an aromatic ring is 1. The van der Waals surface area contributed by atoms with Crippen LogP contribution in [0.5, 0.6) is 0 Å². The van der Waals surface area contributed by atoms with Gasteiger partial charge in [0.05, 0.1) is 4.75 Å². The van der Waals surface area contributed by atoms with Crippen LogP contribution in [0.25, 0.3) is 0 Å². The molecule has 1 atom stereocenters. The minimum Gasteiger partial charge on any atom is -0.399 e. The molecule has 0 radical (unpaired) electrons. The van der Waals surface area contributed by atoms with Gasteiger partial charge in [0.25, 0.3) is 0 Å². The molecule has 4 heteroatoms. The van der Waals surface area contributed by atoms with Crippen LogP contribution in [0.2, 0.25) is 0 Å². The average molecular weight is 262 g/mol. The van der Waals surface area contributed by atoms with Gasteiger partial charge in [0, 0.05) is 17.9 Å². The number of carbonyl (C=O) groups is 1. The molecular weight excluding hydrogens is 244 g/mol. The Balaban J connectivity index is 1.90. The number of nitrogens with zero attached hydrogens (tertiary/aromatic N) is 1. The first kappa shape index (κ1) is 11.9. The highest BCUT2D eigenvalue weighted by Gasteiger charge is 2.41. The van der Waals surface area contributed by atoms with Gasteiger partial charge in [0.2, 0.25) is 5.91 Å². The van der Waals surface area contributed by atoms with Crippen molar-refractivity contribution in [1.82, 2.24) is 0 Å². The average Bonchev–Trinajstić information content (AvgIpc) is 2.95. The third-order valence-corrected chi connectivity index (χ3v) is 5.42. The van der Waals surface area contributed by atoms with E-state index in [0.717, 1.165) is 42.9 Å². The number of nitrogens with two attached hydrogens (primary N) is 1. The van der Waals surface area contributed by atoms with Gasteiger partial charge in [-0.3, -0.25) is 4.79 Å². The fourth-order valence-electron chi connectivity index (χ4n) is 2.87. The van der Waals surface area contributed by atoms with Crippen molar-refractivity contribution >= 4 is 29.0 Å². The Bertz CT molecular complexity index is 495. The van der Waals surface area contributed by atoms with Gasteiger partial charge in [-0.2, -0.15) is 0 Å². The number of anilines is 2. The molecule has 0 aliphatic carbocycles. The lowest BCUT2D eigenvalue weighted by molar-refractivity contribution is -0.120. The molecule has 96 valence electrons. The standard InChI is InChI=1S/C14H18N2OS/c1-14(6-2-8-18-14)13(17)16-7-5-10-9-11(15)3-4-12(10)16/h3-4,9H,2,5-8,15H2,1H3. The number of hydrogen-bond acceptors (Lipinski definition) is 3. The van der Waals surface area contributed by atoms with Gasteiger partial charge in [-0.05, 0) is 55.7 Å². The lowest BCUT2D eigenvalue weighted by Crippen LogP contribution is -2.43. The van der Waals surface area contributed by atoms with Crippen LogP contribution in [0.1, 0.15) is 25.3 Å². The van der Waals surface area contributed by atoms with E-state index >= 15 is 0 Å². The molecule has 0 aromatic heterocycles. The molecule has 1 aromatic carbocycles. The highest BCUT2D eigenvalue weighted by atomic mass is 32.2. The first-order valence-electron chi connectivity index (χ1n) is 6.44. The smallest absolute Gasteiger partial charge is 0.242 e. The lowest BCUT2D eigenvalue weighted by Gasteiger charge is -2.28. The van der Waals surface area contributed by atoms with E-state index in [2.05, 4.69) is 6.92 Å². The Morgan fingerprint density at radius 1 is 1.50 bits per heavy atom. The molecule has 2 heterocycles. The monoisotopic (exact) mass is 262 g/mol. The third kappa shape index (κ3) is 1.79. The first-order valence-corrected chi connectivity index (χ1v) is 7.43. The molecule has 2 aliphatic rings. The summed E-state index contributed by atoms with van der Waals surface area (Å²) in [6, 6.07) is 5.86. The van der Waals surface area contributed by atoms with Crippen LogP contribution in [-0.4, -0.2) is 23.0 Å². The van der Waals surface area contributed by atoms with Crippen molar-refractivity contribution in [2.75, 3.05) is 22.9 Å². The zero-order valence-electron chi connectivity index (χ0n) is 10.6. The highest BCUT2D eigenvalue weighted by Crippen LogP contribution is 2.41. The topological polar surface area (TPSA) is 46.3 Å². The summed E-state index contributed by atoms with van der Waals surface area (Å²) in [5.41, 5.74) is 8.84. The summed E-state index contributed by atoms with van der Waals surface area (Å²) < 4.78 is -0.219. The van der Waals surface area contributed by atoms with E-state index in [1.165, 1.54) is 5.56 Å². The molecule has 3 nitrogen and oxygen atoms in total. The van der Waals surface area contributed by atoms with Gasteiger partial charge in [0.1, 0.15) is 0 Å². The molecular formula is C14H18N2OS. The maximum Gasteiger partial charge on any atom is 0.242 e. The van der Waals surface area contributed by atoms with Gasteiger partial charge in [0.15, 0.2) is 0 Å². The fraction of sp³-hybridized carbons (Fsp3) is 0.500. The van der Waals surface area contributed by atoms with E-state index in [0.29, 0.717) is 0 Å². The van der Waals surface area contributed by atoms with Gasteiger partial charge in [-0.15, -0.1) is 11.8 Å². The summed E-state index contributed by atoms with van der Waals surface area (Å²) in [5.74, 6) is 1.37. The van der Waals surface area contributed by atoms with Crippen LogP contribution in [0.15, 0.2) is 18.2 Å². The Morgan fingerprint density at radius 3 is 3.06 bits per heavy atom. The molecule has 2 N–H and O–H groups in total. The van der Waals surface area contributed by atoms with Crippen molar-refractivity contribution in [1.29, 1.82) is 0 Å². The van der Waals surface area contributed by atoms with Crippen LogP contribution >= 0.6 is 11.8 Å². The van der Waals surface area contributed by atoms with Crippen LogP contribution in [-0.2, 0) is 11.2 Å². The molecule has 0 spiro atoms. The molecule has 1 saturated heterocycles. The van der Waals surface area contributed by atoms with Crippen molar-refractivity contribution in [3.05, 3.63) is 23.8 Å². The van der Waals surface area contributed by atoms with Crippen LogP contribution in [0.3, 0.4) is 0 Å². The second-order valence-corrected chi connectivity index (χ2v) is 6.88. The molecule has 1 amide bonds. The molecule has 18 heavy (non-hydrogen) atoms. The number of benzene rings is 1. The maximum atomic E-state index is 12.7. The Hall–Kier alpha value is -1.16. The van der Waals surface area contributed by atoms with Gasteiger partial charge >= 0.3 is 0 Å². The number of thioether (sulfide) groups is 1. The minimum atomic E-state index is -0.219. The van der Waals surface area contributed by atoms with Gasteiger partial charge in [-0.25, -0.2) is 0 Å². The van der Waals surface area contributed by atoms with Crippen molar-refractivity contribution in [2.45, 2.75) is 30.9 Å². The van der Waals surface area contributed by atoms with Crippen molar-refractivity contribution in [2.24, 2.45) is 0 Å². The zero-order chi connectivity index (χ0) is 12.8. The lowest BCUT2D eigenvalue weighted by atomic mass is 10.0. The molecule has 0 saturated carbocycles. The predicted octanol–water partition coefficient (Wildman–Crippen LogP) is 2.44. The summed E-state index contributed by atoms with van der Waals surface area (Å²) in [7, 11) is 0. The molecule has 2 aliphatic heterocycles. The Kier molecular flexibility index (Phi) is 2.77. The first-order chi connectivity index (χ1) is 8.60. The van der Waals surface area contributed by atoms with Crippen LogP contribution in [0, 0.1) is 0 Å². The summed E-state index contributed by atoms with van der Waals surface area (Å²) >= 11 is 1.80. The SMILES string of the molecule is CC1(C(=O)N2CCc3cc(N)ccc32)CCCS1. The number of rotatable bonds is 1. The quantitative estimate of drug-likeness (QED) is 0.791. The Labute approximate surface area is 112 Å². The third-order valence-electron chi connectivity index (χ3n) is 3.92. The van der Waals surface area contributed by atoms with Crippen molar-refractivity contribution in [3.8, 4) is 0 Å². The van der Waals surface area contributed by atoms with Crippen molar-refractivity contribution < 1.29 is 4.79 Å². The largest absolute Gasteiger partial charge is 0.399 e. The number of carbonyl (C=O) groups excluding carboxylic acids is 1.